The van der Waals surface area contributed by atoms with E-state index in [9.17, 15) is 4.79 Å². The molecule has 0 aliphatic carbocycles. The molecule has 1 aliphatic heterocycles. The van der Waals surface area contributed by atoms with Gasteiger partial charge >= 0.3 is 0 Å². The second-order valence-corrected chi connectivity index (χ2v) is 7.86. The molecule has 3 rings (SSSR count). The molecule has 1 amide bonds. The molecule has 1 aromatic carbocycles. The van der Waals surface area contributed by atoms with Crippen LogP contribution in [-0.4, -0.2) is 28.4 Å². The van der Waals surface area contributed by atoms with Crippen molar-refractivity contribution in [2.75, 3.05) is 7.11 Å². The van der Waals surface area contributed by atoms with Crippen LogP contribution in [0.25, 0.3) is 0 Å². The summed E-state index contributed by atoms with van der Waals surface area (Å²) in [7, 11) is 3.57. The van der Waals surface area contributed by atoms with Crippen LogP contribution in [0.4, 0.5) is 0 Å². The maximum atomic E-state index is 12.7. The van der Waals surface area contributed by atoms with Crippen molar-refractivity contribution in [1.82, 2.24) is 15.1 Å². The van der Waals surface area contributed by atoms with Gasteiger partial charge < -0.3 is 14.8 Å². The van der Waals surface area contributed by atoms with Crippen molar-refractivity contribution in [2.45, 2.75) is 58.6 Å². The fourth-order valence-electron chi connectivity index (χ4n) is 3.77. The first-order valence-corrected chi connectivity index (χ1v) is 9.35. The molecule has 2 aromatic rings. The molecule has 0 spiro atoms. The zero-order chi connectivity index (χ0) is 19.8. The van der Waals surface area contributed by atoms with Crippen LogP contribution < -0.4 is 14.8 Å². The van der Waals surface area contributed by atoms with Crippen LogP contribution in [0.2, 0.25) is 0 Å². The van der Waals surface area contributed by atoms with Crippen molar-refractivity contribution >= 4 is 5.91 Å². The third-order valence-corrected chi connectivity index (χ3v) is 5.27. The fraction of sp³-hybridized carbons (Fsp3) is 0.524. The molecule has 6 heteroatoms. The van der Waals surface area contributed by atoms with Crippen LogP contribution in [0.3, 0.4) is 0 Å². The summed E-state index contributed by atoms with van der Waals surface area (Å²) >= 11 is 0. The number of carbonyl (C=O) groups is 1. The second kappa shape index (κ2) is 7.25. The highest BCUT2D eigenvalue weighted by atomic mass is 16.5. The number of methoxy groups -OCH3 is 1. The predicted molar refractivity (Wildman–Crippen MR) is 104 cm³/mol. The average molecular weight is 371 g/mol. The molecule has 6 nitrogen and oxygen atoms in total. The van der Waals surface area contributed by atoms with E-state index in [2.05, 4.69) is 10.4 Å². The van der Waals surface area contributed by atoms with Crippen molar-refractivity contribution < 1.29 is 14.3 Å². The summed E-state index contributed by atoms with van der Waals surface area (Å²) in [4.78, 5) is 12.7. The Bertz CT molecular complexity index is 855. The van der Waals surface area contributed by atoms with Crippen molar-refractivity contribution in [2.24, 2.45) is 7.05 Å². The van der Waals surface area contributed by atoms with Gasteiger partial charge in [0, 0.05) is 37.2 Å². The summed E-state index contributed by atoms with van der Waals surface area (Å²) in [6.07, 6.45) is 1.86. The van der Waals surface area contributed by atoms with E-state index < -0.39 is 0 Å². The summed E-state index contributed by atoms with van der Waals surface area (Å²) in [6, 6.07) is 5.70. The minimum absolute atomic E-state index is 0.0436. The van der Waals surface area contributed by atoms with E-state index in [1.54, 1.807) is 7.11 Å². The molecule has 0 fully saturated rings. The van der Waals surface area contributed by atoms with Gasteiger partial charge in [-0.1, -0.05) is 0 Å². The number of fused-ring (bicyclic) bond motifs is 1. The van der Waals surface area contributed by atoms with Crippen LogP contribution in [-0.2, 0) is 18.3 Å². The highest BCUT2D eigenvalue weighted by Gasteiger charge is 2.34. The molecular formula is C21H29N3O3. The van der Waals surface area contributed by atoms with Crippen LogP contribution in [0.5, 0.6) is 11.5 Å². The highest BCUT2D eigenvalue weighted by molar-refractivity contribution is 5.77. The Labute approximate surface area is 160 Å². The minimum atomic E-state index is -0.353. The highest BCUT2D eigenvalue weighted by Crippen LogP contribution is 2.41. The molecule has 0 saturated carbocycles. The largest absolute Gasteiger partial charge is 0.497 e. The topological polar surface area (TPSA) is 65.4 Å². The van der Waals surface area contributed by atoms with Crippen LogP contribution >= 0.6 is 0 Å². The van der Waals surface area contributed by atoms with Crippen LogP contribution in [0.1, 0.15) is 55.2 Å². The summed E-state index contributed by atoms with van der Waals surface area (Å²) in [5.41, 5.74) is 3.91. The van der Waals surface area contributed by atoms with Gasteiger partial charge in [0.05, 0.1) is 18.8 Å². The predicted octanol–water partition coefficient (Wildman–Crippen LogP) is 3.40. The number of ether oxygens (including phenoxy) is 2. The maximum Gasteiger partial charge on any atom is 0.220 e. The van der Waals surface area contributed by atoms with Gasteiger partial charge in [-0.05, 0) is 51.8 Å². The first-order chi connectivity index (χ1) is 12.7. The normalized spacial score (nSPS) is 17.8. The third-order valence-electron chi connectivity index (χ3n) is 5.27. The molecule has 1 aliphatic rings. The molecule has 146 valence electrons. The minimum Gasteiger partial charge on any atom is -0.497 e. The van der Waals surface area contributed by atoms with E-state index in [0.717, 1.165) is 40.4 Å². The smallest absolute Gasteiger partial charge is 0.220 e. The molecular weight excluding hydrogens is 342 g/mol. The Morgan fingerprint density at radius 3 is 2.78 bits per heavy atom. The average Bonchev–Trinajstić information content (AvgIpc) is 2.83. The lowest BCUT2D eigenvalue weighted by molar-refractivity contribution is -0.122. The summed E-state index contributed by atoms with van der Waals surface area (Å²) < 4.78 is 13.3. The van der Waals surface area contributed by atoms with Gasteiger partial charge in [0.2, 0.25) is 5.91 Å². The van der Waals surface area contributed by atoms with E-state index in [1.807, 2.05) is 57.6 Å². The summed E-state index contributed by atoms with van der Waals surface area (Å²) in [6.45, 7) is 8.11. The lowest BCUT2D eigenvalue weighted by Crippen LogP contribution is -2.41. The number of aromatic nitrogens is 2. The standard InChI is InChI=1S/C21H29N3O3/c1-13-16(14(2)24(5)23-13)9-10-20(25)22-18-12-21(3,4)27-19-11-15(26-6)7-8-17(18)19/h7-8,11,18H,9-10,12H2,1-6H3,(H,22,25). The Balaban J connectivity index is 1.72. The molecule has 0 bridgehead atoms. The lowest BCUT2D eigenvalue weighted by atomic mass is 9.89. The molecule has 27 heavy (non-hydrogen) atoms. The third kappa shape index (κ3) is 4.10. The van der Waals surface area contributed by atoms with E-state index in [4.69, 9.17) is 9.47 Å². The van der Waals surface area contributed by atoms with Crippen molar-refractivity contribution in [1.29, 1.82) is 0 Å². The van der Waals surface area contributed by atoms with E-state index in [-0.39, 0.29) is 17.6 Å². The van der Waals surface area contributed by atoms with E-state index >= 15 is 0 Å². The number of benzene rings is 1. The Morgan fingerprint density at radius 1 is 1.41 bits per heavy atom. The number of amides is 1. The van der Waals surface area contributed by atoms with Gasteiger partial charge in [-0.3, -0.25) is 9.48 Å². The number of nitrogens with one attached hydrogen (secondary N) is 1. The van der Waals surface area contributed by atoms with Gasteiger partial charge in [0.1, 0.15) is 17.1 Å². The number of nitrogens with zero attached hydrogens (tertiary/aromatic N) is 2. The van der Waals surface area contributed by atoms with E-state index in [0.29, 0.717) is 12.8 Å². The van der Waals surface area contributed by atoms with Gasteiger partial charge in [0.15, 0.2) is 0 Å². The zero-order valence-electron chi connectivity index (χ0n) is 17.0. The van der Waals surface area contributed by atoms with Gasteiger partial charge in [0.25, 0.3) is 0 Å². The molecule has 1 atom stereocenters. The van der Waals surface area contributed by atoms with Crippen molar-refractivity contribution in [3.8, 4) is 11.5 Å². The molecule has 0 radical (unpaired) electrons. The van der Waals surface area contributed by atoms with Gasteiger partial charge in [-0.2, -0.15) is 5.10 Å². The number of rotatable bonds is 5. The Kier molecular flexibility index (Phi) is 5.18. The van der Waals surface area contributed by atoms with Gasteiger partial charge in [-0.15, -0.1) is 0 Å². The fourth-order valence-corrected chi connectivity index (χ4v) is 3.77. The first-order valence-electron chi connectivity index (χ1n) is 9.35. The SMILES string of the molecule is COc1ccc2c(c1)OC(C)(C)CC2NC(=O)CCc1c(C)nn(C)c1C. The van der Waals surface area contributed by atoms with Gasteiger partial charge in [-0.25, -0.2) is 0 Å². The van der Waals surface area contributed by atoms with Crippen molar-refractivity contribution in [3.05, 3.63) is 40.7 Å². The zero-order valence-corrected chi connectivity index (χ0v) is 17.0. The molecule has 1 aromatic heterocycles. The molecule has 1 unspecified atom stereocenters. The van der Waals surface area contributed by atoms with E-state index in [1.165, 1.54) is 0 Å². The quantitative estimate of drug-likeness (QED) is 0.875. The summed E-state index contributed by atoms with van der Waals surface area (Å²) in [5, 5.41) is 7.62. The molecule has 1 N–H and O–H groups in total. The Hall–Kier alpha value is -2.50. The lowest BCUT2D eigenvalue weighted by Gasteiger charge is -2.38. The summed E-state index contributed by atoms with van der Waals surface area (Å²) in [5.74, 6) is 1.57. The number of hydrogen-bond acceptors (Lipinski definition) is 4. The van der Waals surface area contributed by atoms with Crippen LogP contribution in [0, 0.1) is 13.8 Å². The maximum absolute atomic E-state index is 12.7. The number of aryl methyl sites for hydroxylation is 2. The molecule has 2 heterocycles. The van der Waals surface area contributed by atoms with Crippen molar-refractivity contribution in [3.63, 3.8) is 0 Å². The molecule has 0 saturated heterocycles. The second-order valence-electron chi connectivity index (χ2n) is 7.86. The van der Waals surface area contributed by atoms with Crippen LogP contribution in [0.15, 0.2) is 18.2 Å². The Morgan fingerprint density at radius 2 is 2.15 bits per heavy atom. The first kappa shape index (κ1) is 19.3. The monoisotopic (exact) mass is 371 g/mol. The number of hydrogen-bond donors (Lipinski definition) is 1. The number of carbonyl (C=O) groups excluding carboxylic acids is 1.